The predicted molar refractivity (Wildman–Crippen MR) is 62.6 cm³/mol. The highest BCUT2D eigenvalue weighted by atomic mass is 15.2. The molecule has 1 N–H and O–H groups in total. The molecule has 0 spiro atoms. The monoisotopic (exact) mass is 198 g/mol. The van der Waals surface area contributed by atoms with Gasteiger partial charge in [0.15, 0.2) is 0 Å². The van der Waals surface area contributed by atoms with Crippen molar-refractivity contribution in [3.63, 3.8) is 0 Å². The maximum Gasteiger partial charge on any atom is 0.0195 e. The molecule has 0 radical (unpaired) electrons. The summed E-state index contributed by atoms with van der Waals surface area (Å²) in [5, 5.41) is 3.59. The summed E-state index contributed by atoms with van der Waals surface area (Å²) in [5.41, 5.74) is 0. The van der Waals surface area contributed by atoms with Gasteiger partial charge < -0.3 is 5.32 Å². The van der Waals surface area contributed by atoms with Crippen molar-refractivity contribution < 1.29 is 0 Å². The van der Waals surface area contributed by atoms with Crippen LogP contribution < -0.4 is 5.32 Å². The molecule has 0 saturated heterocycles. The molecule has 1 fully saturated rings. The van der Waals surface area contributed by atoms with Crippen LogP contribution >= 0.6 is 0 Å². The van der Waals surface area contributed by atoms with Gasteiger partial charge in [-0.15, -0.1) is 0 Å². The molecule has 0 bridgehead atoms. The van der Waals surface area contributed by atoms with Crippen LogP contribution in [-0.2, 0) is 0 Å². The minimum atomic E-state index is 0.662. The van der Waals surface area contributed by atoms with Crippen molar-refractivity contribution in [1.29, 1.82) is 0 Å². The Bertz CT molecular complexity index is 154. The highest BCUT2D eigenvalue weighted by Gasteiger charge is 2.30. The van der Waals surface area contributed by atoms with E-state index in [1.807, 2.05) is 0 Å². The third kappa shape index (κ3) is 3.58. The minimum Gasteiger partial charge on any atom is -0.313 e. The molecule has 0 amide bonds. The first kappa shape index (κ1) is 12.0. The first-order valence-corrected chi connectivity index (χ1v) is 6.18. The van der Waals surface area contributed by atoms with Crippen LogP contribution in [0.5, 0.6) is 0 Å². The number of rotatable bonds is 7. The van der Waals surface area contributed by atoms with Gasteiger partial charge in [-0.2, -0.15) is 0 Å². The van der Waals surface area contributed by atoms with Crippen LogP contribution in [0.25, 0.3) is 0 Å². The molecule has 2 unspecified atom stereocenters. The summed E-state index contributed by atoms with van der Waals surface area (Å²) in [6, 6.07) is 2.26. The summed E-state index contributed by atoms with van der Waals surface area (Å²) in [6.07, 6.45) is 4.06. The highest BCUT2D eigenvalue weighted by Crippen LogP contribution is 2.27. The Morgan fingerprint density at radius 2 is 1.93 bits per heavy atom. The van der Waals surface area contributed by atoms with Gasteiger partial charge in [-0.05, 0) is 39.7 Å². The van der Waals surface area contributed by atoms with Crippen molar-refractivity contribution >= 4 is 0 Å². The summed E-state index contributed by atoms with van der Waals surface area (Å²) < 4.78 is 0. The van der Waals surface area contributed by atoms with E-state index in [9.17, 15) is 0 Å². The second kappa shape index (κ2) is 5.72. The molecule has 14 heavy (non-hydrogen) atoms. The van der Waals surface area contributed by atoms with Crippen LogP contribution in [0.4, 0.5) is 0 Å². The standard InChI is InChI=1S/C12H26N2/c1-5-10(3)13-9-11(4)14(6-2)12-7-8-12/h10-13H,5-9H2,1-4H3. The van der Waals surface area contributed by atoms with E-state index in [-0.39, 0.29) is 0 Å². The molecule has 2 nitrogen and oxygen atoms in total. The Balaban J connectivity index is 2.21. The fraction of sp³-hybridized carbons (Fsp3) is 1.00. The van der Waals surface area contributed by atoms with E-state index in [1.165, 1.54) is 25.8 Å². The number of hydrogen-bond donors (Lipinski definition) is 1. The van der Waals surface area contributed by atoms with Crippen LogP contribution in [0.1, 0.15) is 47.0 Å². The molecule has 1 aliphatic rings. The third-order valence-electron chi connectivity index (χ3n) is 3.32. The Morgan fingerprint density at radius 1 is 1.29 bits per heavy atom. The van der Waals surface area contributed by atoms with Gasteiger partial charge in [0, 0.05) is 24.7 Å². The molecular formula is C12H26N2. The normalized spacial score (nSPS) is 21.2. The Morgan fingerprint density at radius 3 is 2.36 bits per heavy atom. The molecule has 2 heteroatoms. The van der Waals surface area contributed by atoms with Gasteiger partial charge in [-0.1, -0.05) is 13.8 Å². The first-order valence-electron chi connectivity index (χ1n) is 6.18. The van der Waals surface area contributed by atoms with Gasteiger partial charge in [0.2, 0.25) is 0 Å². The van der Waals surface area contributed by atoms with Gasteiger partial charge in [0.25, 0.3) is 0 Å². The second-order valence-electron chi connectivity index (χ2n) is 4.63. The van der Waals surface area contributed by atoms with Crippen LogP contribution in [0.15, 0.2) is 0 Å². The molecule has 84 valence electrons. The Kier molecular flexibility index (Phi) is 4.90. The largest absolute Gasteiger partial charge is 0.313 e. The molecule has 1 aliphatic carbocycles. The number of likely N-dealkylation sites (N-methyl/N-ethyl adjacent to an activating group) is 1. The minimum absolute atomic E-state index is 0.662. The van der Waals surface area contributed by atoms with Crippen LogP contribution in [0.2, 0.25) is 0 Å². The van der Waals surface area contributed by atoms with Crippen molar-refractivity contribution in [2.75, 3.05) is 13.1 Å². The maximum atomic E-state index is 3.59. The fourth-order valence-corrected chi connectivity index (χ4v) is 1.97. The van der Waals surface area contributed by atoms with Crippen LogP contribution in [0, 0.1) is 0 Å². The van der Waals surface area contributed by atoms with Crippen molar-refractivity contribution in [3.8, 4) is 0 Å². The van der Waals surface area contributed by atoms with Crippen molar-refractivity contribution in [3.05, 3.63) is 0 Å². The zero-order chi connectivity index (χ0) is 10.6. The van der Waals surface area contributed by atoms with Crippen LogP contribution in [0.3, 0.4) is 0 Å². The Hall–Kier alpha value is -0.0800. The summed E-state index contributed by atoms with van der Waals surface area (Å²) in [6.45, 7) is 11.5. The number of nitrogens with one attached hydrogen (secondary N) is 1. The molecule has 2 atom stereocenters. The van der Waals surface area contributed by atoms with Crippen molar-refractivity contribution in [2.45, 2.75) is 65.1 Å². The smallest absolute Gasteiger partial charge is 0.0195 e. The second-order valence-corrected chi connectivity index (χ2v) is 4.63. The molecule has 1 rings (SSSR count). The summed E-state index contributed by atoms with van der Waals surface area (Å²) in [4.78, 5) is 2.63. The lowest BCUT2D eigenvalue weighted by Crippen LogP contribution is -2.43. The molecule has 0 aromatic rings. The van der Waals surface area contributed by atoms with E-state index in [1.54, 1.807) is 0 Å². The van der Waals surface area contributed by atoms with E-state index in [0.29, 0.717) is 12.1 Å². The SMILES string of the molecule is CCC(C)NCC(C)N(CC)C1CC1. The van der Waals surface area contributed by atoms with Crippen molar-refractivity contribution in [1.82, 2.24) is 10.2 Å². The molecule has 0 heterocycles. The highest BCUT2D eigenvalue weighted by molar-refractivity contribution is 4.87. The molecular weight excluding hydrogens is 172 g/mol. The zero-order valence-electron chi connectivity index (χ0n) is 10.2. The quantitative estimate of drug-likeness (QED) is 0.675. The summed E-state index contributed by atoms with van der Waals surface area (Å²) in [7, 11) is 0. The Labute approximate surface area is 89.1 Å². The van der Waals surface area contributed by atoms with E-state index >= 15 is 0 Å². The molecule has 1 saturated carbocycles. The maximum absolute atomic E-state index is 3.59. The first-order chi connectivity index (χ1) is 6.69. The van der Waals surface area contributed by atoms with E-state index < -0.39 is 0 Å². The molecule has 0 aromatic heterocycles. The van der Waals surface area contributed by atoms with Gasteiger partial charge in [-0.3, -0.25) is 4.90 Å². The predicted octanol–water partition coefficient (Wildman–Crippen LogP) is 2.25. The van der Waals surface area contributed by atoms with E-state index in [2.05, 4.69) is 37.9 Å². The average Bonchev–Trinajstić information content (AvgIpc) is 2.99. The van der Waals surface area contributed by atoms with Gasteiger partial charge >= 0.3 is 0 Å². The summed E-state index contributed by atoms with van der Waals surface area (Å²) >= 11 is 0. The lowest BCUT2D eigenvalue weighted by Gasteiger charge is -2.29. The average molecular weight is 198 g/mol. The zero-order valence-corrected chi connectivity index (χ0v) is 10.2. The van der Waals surface area contributed by atoms with E-state index in [0.717, 1.165) is 12.6 Å². The third-order valence-corrected chi connectivity index (χ3v) is 3.32. The van der Waals surface area contributed by atoms with Gasteiger partial charge in [0.1, 0.15) is 0 Å². The van der Waals surface area contributed by atoms with E-state index in [4.69, 9.17) is 0 Å². The fourth-order valence-electron chi connectivity index (χ4n) is 1.97. The van der Waals surface area contributed by atoms with Gasteiger partial charge in [0.05, 0.1) is 0 Å². The molecule has 0 aliphatic heterocycles. The van der Waals surface area contributed by atoms with Gasteiger partial charge in [-0.25, -0.2) is 0 Å². The molecule has 0 aromatic carbocycles. The lowest BCUT2D eigenvalue weighted by molar-refractivity contribution is 0.201. The number of nitrogens with zero attached hydrogens (tertiary/aromatic N) is 1. The lowest BCUT2D eigenvalue weighted by atomic mass is 10.2. The number of hydrogen-bond acceptors (Lipinski definition) is 2. The topological polar surface area (TPSA) is 15.3 Å². The summed E-state index contributed by atoms with van der Waals surface area (Å²) in [5.74, 6) is 0. The van der Waals surface area contributed by atoms with Crippen LogP contribution in [-0.4, -0.2) is 36.1 Å². The van der Waals surface area contributed by atoms with Crippen molar-refractivity contribution in [2.24, 2.45) is 0 Å².